The summed E-state index contributed by atoms with van der Waals surface area (Å²) in [6.07, 6.45) is 0. The summed E-state index contributed by atoms with van der Waals surface area (Å²) in [5.41, 5.74) is 15.9. The van der Waals surface area contributed by atoms with Gasteiger partial charge in [0.05, 0.1) is 12.3 Å². The molecule has 1 aliphatic rings. The van der Waals surface area contributed by atoms with E-state index in [1.165, 1.54) is 16.9 Å². The van der Waals surface area contributed by atoms with E-state index in [0.717, 1.165) is 5.56 Å². The number of thiophene rings is 1. The van der Waals surface area contributed by atoms with Crippen LogP contribution in [0, 0.1) is 11.3 Å². The molecular formula is C24H28N6O2S. The molecule has 0 saturated carbocycles. The summed E-state index contributed by atoms with van der Waals surface area (Å²) in [6, 6.07) is 10.2. The first-order valence-electron chi connectivity index (χ1n) is 11.0. The first-order chi connectivity index (χ1) is 15.8. The molecule has 0 radical (unpaired) electrons. The van der Waals surface area contributed by atoms with Gasteiger partial charge in [-0.2, -0.15) is 5.26 Å². The third-order valence-corrected chi connectivity index (χ3v) is 7.24. The summed E-state index contributed by atoms with van der Waals surface area (Å²) in [7, 11) is 0. The predicted octanol–water partition coefficient (Wildman–Crippen LogP) is 2.87. The van der Waals surface area contributed by atoms with Gasteiger partial charge in [0.1, 0.15) is 27.2 Å². The number of fused-ring (bicyclic) bond motifs is 1. The number of hydrogen-bond acceptors (Lipinski definition) is 8. The van der Waals surface area contributed by atoms with E-state index in [-0.39, 0.29) is 23.9 Å². The SMILES string of the molecule is CC(C)c1ccc(-c2c(C#N)c(N)nc3sc(C(=O)N4CCN(CCO)CC4)c(N)c23)cc1. The Hall–Kier alpha value is -3.19. The van der Waals surface area contributed by atoms with Crippen molar-refractivity contribution in [2.24, 2.45) is 0 Å². The summed E-state index contributed by atoms with van der Waals surface area (Å²) in [6.45, 7) is 7.48. The second-order valence-electron chi connectivity index (χ2n) is 8.52. The molecule has 0 bridgehead atoms. The van der Waals surface area contributed by atoms with Crippen LogP contribution in [0.1, 0.15) is 40.6 Å². The van der Waals surface area contributed by atoms with Crippen LogP contribution in [0.2, 0.25) is 0 Å². The molecule has 5 N–H and O–H groups in total. The first kappa shape index (κ1) is 23.0. The zero-order valence-corrected chi connectivity index (χ0v) is 19.7. The number of amides is 1. The van der Waals surface area contributed by atoms with Crippen molar-refractivity contribution in [3.05, 3.63) is 40.3 Å². The number of pyridine rings is 1. The molecule has 172 valence electrons. The van der Waals surface area contributed by atoms with Crippen LogP contribution in [0.3, 0.4) is 0 Å². The van der Waals surface area contributed by atoms with Crippen LogP contribution < -0.4 is 11.5 Å². The smallest absolute Gasteiger partial charge is 0.266 e. The molecule has 8 nitrogen and oxygen atoms in total. The first-order valence-corrected chi connectivity index (χ1v) is 11.8. The number of piperazine rings is 1. The molecule has 1 saturated heterocycles. The number of benzene rings is 1. The lowest BCUT2D eigenvalue weighted by Crippen LogP contribution is -2.49. The van der Waals surface area contributed by atoms with E-state index in [2.05, 4.69) is 29.8 Å². The van der Waals surface area contributed by atoms with Gasteiger partial charge in [-0.15, -0.1) is 11.3 Å². The Bertz CT molecular complexity index is 1220. The number of β-amino-alcohol motifs (C(OH)–C–C–N with tert-alkyl or cyclic N) is 1. The maximum atomic E-state index is 13.3. The number of rotatable bonds is 5. The van der Waals surface area contributed by atoms with Gasteiger partial charge in [-0.1, -0.05) is 38.1 Å². The highest BCUT2D eigenvalue weighted by Crippen LogP contribution is 2.43. The standard InChI is InChI=1S/C24H28N6O2S/c1-14(2)15-3-5-16(6-4-15)18-17(13-25)22(27)28-23-19(18)20(26)21(33-23)24(32)30-9-7-29(8-10-30)11-12-31/h3-6,14,31H,7-12,26H2,1-2H3,(H2,27,28). The minimum Gasteiger partial charge on any atom is -0.397 e. The quantitative estimate of drug-likeness (QED) is 0.529. The number of nitrogens with zero attached hydrogens (tertiary/aromatic N) is 4. The highest BCUT2D eigenvalue weighted by atomic mass is 32.1. The zero-order valence-electron chi connectivity index (χ0n) is 18.8. The summed E-state index contributed by atoms with van der Waals surface area (Å²) in [5, 5.41) is 19.6. The molecule has 2 aromatic heterocycles. The molecule has 1 amide bonds. The summed E-state index contributed by atoms with van der Waals surface area (Å²) in [4.78, 5) is 22.6. The average Bonchev–Trinajstić information content (AvgIpc) is 3.14. The molecule has 1 aliphatic heterocycles. The van der Waals surface area contributed by atoms with Gasteiger partial charge in [-0.3, -0.25) is 9.69 Å². The Kier molecular flexibility index (Phi) is 6.51. The Morgan fingerprint density at radius 2 is 1.88 bits per heavy atom. The average molecular weight is 465 g/mol. The largest absolute Gasteiger partial charge is 0.397 e. The number of nitrogen functional groups attached to an aromatic ring is 2. The molecular weight excluding hydrogens is 436 g/mol. The van der Waals surface area contributed by atoms with Crippen LogP contribution in [0.15, 0.2) is 24.3 Å². The van der Waals surface area contributed by atoms with Crippen LogP contribution in [0.5, 0.6) is 0 Å². The van der Waals surface area contributed by atoms with Crippen LogP contribution in [0.4, 0.5) is 11.5 Å². The van der Waals surface area contributed by atoms with Gasteiger partial charge in [0.15, 0.2) is 0 Å². The molecule has 0 aliphatic carbocycles. The highest BCUT2D eigenvalue weighted by molar-refractivity contribution is 7.21. The van der Waals surface area contributed by atoms with E-state index < -0.39 is 0 Å². The summed E-state index contributed by atoms with van der Waals surface area (Å²) < 4.78 is 0. The monoisotopic (exact) mass is 464 g/mol. The minimum atomic E-state index is -0.141. The number of carbonyl (C=O) groups is 1. The van der Waals surface area contributed by atoms with Gasteiger partial charge in [0, 0.05) is 43.7 Å². The van der Waals surface area contributed by atoms with Gasteiger partial charge in [0.2, 0.25) is 0 Å². The van der Waals surface area contributed by atoms with Gasteiger partial charge in [0.25, 0.3) is 5.91 Å². The lowest BCUT2D eigenvalue weighted by molar-refractivity contribution is 0.0620. The number of aliphatic hydroxyl groups excluding tert-OH is 1. The van der Waals surface area contributed by atoms with Crippen molar-refractivity contribution in [3.8, 4) is 17.2 Å². The highest BCUT2D eigenvalue weighted by Gasteiger charge is 2.28. The molecule has 1 aromatic carbocycles. The lowest BCUT2D eigenvalue weighted by Gasteiger charge is -2.34. The molecule has 3 aromatic rings. The van der Waals surface area contributed by atoms with Crippen molar-refractivity contribution in [2.75, 3.05) is 50.8 Å². The van der Waals surface area contributed by atoms with E-state index in [0.29, 0.717) is 65.0 Å². The molecule has 0 atom stereocenters. The maximum Gasteiger partial charge on any atom is 0.266 e. The Balaban J connectivity index is 1.78. The molecule has 4 rings (SSSR count). The Morgan fingerprint density at radius 3 is 2.45 bits per heavy atom. The van der Waals surface area contributed by atoms with E-state index in [9.17, 15) is 10.1 Å². The molecule has 3 heterocycles. The summed E-state index contributed by atoms with van der Waals surface area (Å²) in [5.74, 6) is 0.369. The Labute approximate surface area is 197 Å². The van der Waals surface area contributed by atoms with Gasteiger partial charge in [-0.25, -0.2) is 4.98 Å². The molecule has 9 heteroatoms. The van der Waals surface area contributed by atoms with Crippen molar-refractivity contribution in [3.63, 3.8) is 0 Å². The van der Waals surface area contributed by atoms with Gasteiger partial charge < -0.3 is 21.5 Å². The second-order valence-corrected chi connectivity index (χ2v) is 9.52. The third kappa shape index (κ3) is 4.25. The van der Waals surface area contributed by atoms with Gasteiger partial charge >= 0.3 is 0 Å². The fraction of sp³-hybridized carbons (Fsp3) is 0.375. The van der Waals surface area contributed by atoms with Crippen molar-refractivity contribution >= 4 is 39.0 Å². The van der Waals surface area contributed by atoms with E-state index >= 15 is 0 Å². The van der Waals surface area contributed by atoms with Crippen LogP contribution >= 0.6 is 11.3 Å². The number of nitriles is 1. The molecule has 0 unspecified atom stereocenters. The predicted molar refractivity (Wildman–Crippen MR) is 132 cm³/mol. The second kappa shape index (κ2) is 9.35. The molecule has 1 fully saturated rings. The third-order valence-electron chi connectivity index (χ3n) is 6.15. The van der Waals surface area contributed by atoms with Crippen molar-refractivity contribution in [1.29, 1.82) is 5.26 Å². The van der Waals surface area contributed by atoms with Crippen LogP contribution in [0.25, 0.3) is 21.3 Å². The number of carbonyl (C=O) groups excluding carboxylic acids is 1. The molecule has 0 spiro atoms. The Morgan fingerprint density at radius 1 is 1.21 bits per heavy atom. The van der Waals surface area contributed by atoms with Crippen LogP contribution in [-0.2, 0) is 0 Å². The van der Waals surface area contributed by atoms with Crippen molar-refractivity contribution in [1.82, 2.24) is 14.8 Å². The normalized spacial score (nSPS) is 14.7. The summed E-state index contributed by atoms with van der Waals surface area (Å²) >= 11 is 1.22. The van der Waals surface area contributed by atoms with Crippen LogP contribution in [-0.4, -0.2) is 65.1 Å². The van der Waals surface area contributed by atoms with E-state index in [4.69, 9.17) is 16.6 Å². The van der Waals surface area contributed by atoms with Crippen molar-refractivity contribution < 1.29 is 9.90 Å². The van der Waals surface area contributed by atoms with E-state index in [1.807, 2.05) is 24.3 Å². The van der Waals surface area contributed by atoms with Gasteiger partial charge in [-0.05, 0) is 17.0 Å². The number of hydrogen-bond donors (Lipinski definition) is 3. The minimum absolute atomic E-state index is 0.104. The number of aromatic nitrogens is 1. The van der Waals surface area contributed by atoms with E-state index in [1.54, 1.807) is 4.90 Å². The number of nitrogens with two attached hydrogens (primary N) is 2. The molecule has 33 heavy (non-hydrogen) atoms. The fourth-order valence-electron chi connectivity index (χ4n) is 4.23. The number of anilines is 2. The maximum absolute atomic E-state index is 13.3. The number of aliphatic hydroxyl groups is 1. The van der Waals surface area contributed by atoms with Crippen molar-refractivity contribution in [2.45, 2.75) is 19.8 Å². The zero-order chi connectivity index (χ0) is 23.7. The lowest BCUT2D eigenvalue weighted by atomic mass is 9.94. The topological polar surface area (TPSA) is 132 Å². The fourth-order valence-corrected chi connectivity index (χ4v) is 5.30.